The third kappa shape index (κ3) is 3.75. The van der Waals surface area contributed by atoms with Crippen molar-refractivity contribution in [2.24, 2.45) is 0 Å². The predicted molar refractivity (Wildman–Crippen MR) is 83.7 cm³/mol. The molecule has 1 aliphatic rings. The molecule has 1 amide bonds. The normalized spacial score (nSPS) is 13.9. The van der Waals surface area contributed by atoms with Gasteiger partial charge in [-0.25, -0.2) is 0 Å². The summed E-state index contributed by atoms with van der Waals surface area (Å²) in [5, 5.41) is 17.5. The molecule has 0 unspecified atom stereocenters. The van der Waals surface area contributed by atoms with Gasteiger partial charge in [0.2, 0.25) is 0 Å². The van der Waals surface area contributed by atoms with Gasteiger partial charge in [-0.3, -0.25) is 14.9 Å². The first-order chi connectivity index (χ1) is 9.40. The highest BCUT2D eigenvalue weighted by Crippen LogP contribution is 2.32. The van der Waals surface area contributed by atoms with Crippen LogP contribution in [-0.2, 0) is 0 Å². The van der Waals surface area contributed by atoms with Gasteiger partial charge < -0.3 is 15.5 Å². The Morgan fingerprint density at radius 1 is 1.48 bits per heavy atom. The van der Waals surface area contributed by atoms with Crippen molar-refractivity contribution < 1.29 is 9.72 Å². The number of nitrogens with zero attached hydrogens (tertiary/aromatic N) is 2. The summed E-state index contributed by atoms with van der Waals surface area (Å²) in [4.78, 5) is 23.9. The van der Waals surface area contributed by atoms with Crippen LogP contribution in [0, 0.1) is 10.1 Å². The van der Waals surface area contributed by atoms with Crippen LogP contribution in [0.5, 0.6) is 0 Å². The smallest absolute Gasteiger partial charge is 0.293 e. The molecule has 0 bridgehead atoms. The number of hydrogen-bond acceptors (Lipinski definition) is 5. The summed E-state index contributed by atoms with van der Waals surface area (Å²) in [7, 11) is 3.13. The molecule has 1 saturated heterocycles. The minimum atomic E-state index is -0.517. The molecule has 7 nitrogen and oxygen atoms in total. The summed E-state index contributed by atoms with van der Waals surface area (Å²) >= 11 is 6.06. The minimum absolute atomic E-state index is 0. The maximum atomic E-state index is 11.9. The number of nitro groups is 1. The molecule has 2 rings (SSSR count). The molecular formula is C12H16Cl2N4O3. The Labute approximate surface area is 133 Å². The molecule has 0 radical (unpaired) electrons. The fourth-order valence-corrected chi connectivity index (χ4v) is 2.09. The van der Waals surface area contributed by atoms with Gasteiger partial charge in [0, 0.05) is 33.3 Å². The van der Waals surface area contributed by atoms with Crippen molar-refractivity contribution in [1.29, 1.82) is 0 Å². The summed E-state index contributed by atoms with van der Waals surface area (Å²) in [5.41, 5.74) is 0.314. The molecule has 1 aromatic rings. The van der Waals surface area contributed by atoms with Gasteiger partial charge in [-0.2, -0.15) is 0 Å². The number of nitrogens with one attached hydrogen (secondary N) is 2. The van der Waals surface area contributed by atoms with E-state index in [1.807, 2.05) is 0 Å². The second-order valence-electron chi connectivity index (χ2n) is 4.81. The van der Waals surface area contributed by atoms with E-state index in [2.05, 4.69) is 10.6 Å². The number of carbonyl (C=O) groups excluding carboxylic acids is 1. The Morgan fingerprint density at radius 3 is 2.52 bits per heavy atom. The molecule has 0 aliphatic carbocycles. The van der Waals surface area contributed by atoms with Crippen molar-refractivity contribution in [2.45, 2.75) is 6.04 Å². The van der Waals surface area contributed by atoms with Crippen LogP contribution in [0.3, 0.4) is 0 Å². The Hall–Kier alpha value is -1.57. The molecule has 1 heterocycles. The number of hydrogen-bond donors (Lipinski definition) is 2. The molecule has 116 valence electrons. The third-order valence-corrected chi connectivity index (χ3v) is 3.37. The van der Waals surface area contributed by atoms with Crippen molar-refractivity contribution in [3.05, 3.63) is 32.8 Å². The van der Waals surface area contributed by atoms with Crippen molar-refractivity contribution in [2.75, 3.05) is 32.5 Å². The van der Waals surface area contributed by atoms with E-state index < -0.39 is 4.92 Å². The van der Waals surface area contributed by atoms with Gasteiger partial charge >= 0.3 is 0 Å². The maximum absolute atomic E-state index is 11.9. The van der Waals surface area contributed by atoms with Crippen LogP contribution in [0.25, 0.3) is 0 Å². The van der Waals surface area contributed by atoms with E-state index in [-0.39, 0.29) is 40.6 Å². The van der Waals surface area contributed by atoms with E-state index in [9.17, 15) is 14.9 Å². The zero-order valence-corrected chi connectivity index (χ0v) is 13.1. The summed E-state index contributed by atoms with van der Waals surface area (Å²) in [5.74, 6) is -0.366. The first-order valence-corrected chi connectivity index (χ1v) is 6.44. The van der Waals surface area contributed by atoms with Crippen LogP contribution in [0.2, 0.25) is 5.02 Å². The van der Waals surface area contributed by atoms with Crippen LogP contribution >= 0.6 is 24.0 Å². The first-order valence-electron chi connectivity index (χ1n) is 6.07. The number of benzene rings is 1. The zero-order valence-electron chi connectivity index (χ0n) is 11.6. The van der Waals surface area contributed by atoms with Crippen LogP contribution in [0.1, 0.15) is 10.4 Å². The fraction of sp³-hybridized carbons (Fsp3) is 0.417. The molecule has 9 heteroatoms. The summed E-state index contributed by atoms with van der Waals surface area (Å²) in [6, 6.07) is 2.80. The average Bonchev–Trinajstić information content (AvgIpc) is 2.32. The highest BCUT2D eigenvalue weighted by Gasteiger charge is 2.25. The first kappa shape index (κ1) is 17.5. The van der Waals surface area contributed by atoms with Gasteiger partial charge in [-0.05, 0) is 6.07 Å². The van der Waals surface area contributed by atoms with Crippen LogP contribution < -0.4 is 10.6 Å². The van der Waals surface area contributed by atoms with Gasteiger partial charge in [0.25, 0.3) is 11.6 Å². The van der Waals surface area contributed by atoms with Crippen molar-refractivity contribution in [3.63, 3.8) is 0 Å². The van der Waals surface area contributed by atoms with Crippen molar-refractivity contribution in [3.8, 4) is 0 Å². The fourth-order valence-electron chi connectivity index (χ4n) is 1.84. The predicted octanol–water partition coefficient (Wildman–Crippen LogP) is 1.76. The van der Waals surface area contributed by atoms with Crippen LogP contribution in [0.4, 0.5) is 11.4 Å². The van der Waals surface area contributed by atoms with E-state index in [4.69, 9.17) is 11.6 Å². The molecule has 1 aliphatic heterocycles. The van der Waals surface area contributed by atoms with Gasteiger partial charge in [0.1, 0.15) is 5.69 Å². The second-order valence-corrected chi connectivity index (χ2v) is 5.21. The monoisotopic (exact) mass is 334 g/mol. The van der Waals surface area contributed by atoms with E-state index in [1.165, 1.54) is 17.0 Å². The summed E-state index contributed by atoms with van der Waals surface area (Å²) < 4.78 is 0. The van der Waals surface area contributed by atoms with E-state index in [1.54, 1.807) is 14.1 Å². The zero-order chi connectivity index (χ0) is 14.9. The number of anilines is 1. The Balaban J connectivity index is 0.00000220. The van der Waals surface area contributed by atoms with Gasteiger partial charge in [0.15, 0.2) is 0 Å². The van der Waals surface area contributed by atoms with Crippen LogP contribution in [-0.4, -0.2) is 49.0 Å². The molecule has 0 saturated carbocycles. The third-order valence-electron chi connectivity index (χ3n) is 3.06. The molecule has 21 heavy (non-hydrogen) atoms. The standard InChI is InChI=1S/C12H15ClN4O3.ClH/c1-16(2)12(18)8-3-11(17(19)20)10(4-9(8)13)15-7-5-14-6-7;/h3-4,7,14-15H,5-6H2,1-2H3;1H. The van der Waals surface area contributed by atoms with E-state index >= 15 is 0 Å². The largest absolute Gasteiger partial charge is 0.374 e. The Kier molecular flexibility index (Phi) is 5.77. The highest BCUT2D eigenvalue weighted by molar-refractivity contribution is 6.34. The van der Waals surface area contributed by atoms with E-state index in [0.29, 0.717) is 5.69 Å². The topological polar surface area (TPSA) is 87.5 Å². The summed E-state index contributed by atoms with van der Waals surface area (Å²) in [6.07, 6.45) is 0. The lowest BCUT2D eigenvalue weighted by Gasteiger charge is -2.29. The molecular weight excluding hydrogens is 319 g/mol. The van der Waals surface area contributed by atoms with Crippen molar-refractivity contribution >= 4 is 41.3 Å². The number of amides is 1. The molecule has 0 atom stereocenters. The van der Waals surface area contributed by atoms with E-state index in [0.717, 1.165) is 13.1 Å². The molecule has 1 aromatic carbocycles. The number of nitro benzene ring substituents is 1. The maximum Gasteiger partial charge on any atom is 0.293 e. The molecule has 0 aromatic heterocycles. The number of rotatable bonds is 4. The molecule has 0 spiro atoms. The molecule has 2 N–H and O–H groups in total. The SMILES string of the molecule is CN(C)C(=O)c1cc([N+](=O)[O-])c(NC2CNC2)cc1Cl.Cl. The lowest BCUT2D eigenvalue weighted by atomic mass is 10.1. The quantitative estimate of drug-likeness (QED) is 0.647. The minimum Gasteiger partial charge on any atom is -0.374 e. The second kappa shape index (κ2) is 6.93. The lowest BCUT2D eigenvalue weighted by molar-refractivity contribution is -0.384. The van der Waals surface area contributed by atoms with Crippen LogP contribution in [0.15, 0.2) is 12.1 Å². The Morgan fingerprint density at radius 2 is 2.10 bits per heavy atom. The highest BCUT2D eigenvalue weighted by atomic mass is 35.5. The lowest BCUT2D eigenvalue weighted by Crippen LogP contribution is -2.51. The Bertz CT molecular complexity index is 562. The van der Waals surface area contributed by atoms with Gasteiger partial charge in [0.05, 0.1) is 21.6 Å². The van der Waals surface area contributed by atoms with Gasteiger partial charge in [-0.15, -0.1) is 12.4 Å². The van der Waals surface area contributed by atoms with Gasteiger partial charge in [-0.1, -0.05) is 11.6 Å². The van der Waals surface area contributed by atoms with Crippen molar-refractivity contribution in [1.82, 2.24) is 10.2 Å². The average molecular weight is 335 g/mol. The summed E-state index contributed by atoms with van der Waals surface area (Å²) in [6.45, 7) is 1.49. The number of carbonyl (C=O) groups is 1. The number of halogens is 2. The molecule has 1 fully saturated rings.